The molecule has 5 nitrogen and oxygen atoms in total. The summed E-state index contributed by atoms with van der Waals surface area (Å²) in [5, 5.41) is 8.97. The summed E-state index contributed by atoms with van der Waals surface area (Å²) in [6.07, 6.45) is 0.0988. The van der Waals surface area contributed by atoms with Gasteiger partial charge in [-0.3, -0.25) is 9.69 Å². The predicted octanol–water partition coefficient (Wildman–Crippen LogP) is 2.13. The zero-order valence-electron chi connectivity index (χ0n) is 11.3. The molecule has 1 aromatic rings. The fraction of sp³-hybridized carbons (Fsp3) is 0.500. The van der Waals surface area contributed by atoms with Crippen LogP contribution in [0, 0.1) is 0 Å². The summed E-state index contributed by atoms with van der Waals surface area (Å²) >= 11 is 3.53. The lowest BCUT2D eigenvalue weighted by atomic mass is 10.1. The van der Waals surface area contributed by atoms with Crippen LogP contribution in [-0.2, 0) is 16.1 Å². The molecule has 0 saturated carbocycles. The van der Waals surface area contributed by atoms with Gasteiger partial charge < -0.3 is 14.6 Å². The maximum Gasteiger partial charge on any atom is 0.305 e. The molecule has 0 spiro atoms. The fourth-order valence-electron chi connectivity index (χ4n) is 2.30. The quantitative estimate of drug-likeness (QED) is 0.887. The van der Waals surface area contributed by atoms with Crippen molar-refractivity contribution >= 4 is 21.9 Å². The minimum Gasteiger partial charge on any atom is -0.497 e. The Balaban J connectivity index is 2.11. The number of aliphatic carboxylic acids is 1. The molecule has 20 heavy (non-hydrogen) atoms. The maximum atomic E-state index is 10.9. The van der Waals surface area contributed by atoms with Gasteiger partial charge in [-0.25, -0.2) is 0 Å². The van der Waals surface area contributed by atoms with E-state index in [1.165, 1.54) is 0 Å². The van der Waals surface area contributed by atoms with Gasteiger partial charge in [0.15, 0.2) is 0 Å². The molecule has 1 aliphatic heterocycles. The average Bonchev–Trinajstić information content (AvgIpc) is 2.43. The van der Waals surface area contributed by atoms with E-state index in [4.69, 9.17) is 14.6 Å². The largest absolute Gasteiger partial charge is 0.497 e. The van der Waals surface area contributed by atoms with Crippen LogP contribution in [0.25, 0.3) is 0 Å². The van der Waals surface area contributed by atoms with Crippen molar-refractivity contribution in [2.24, 2.45) is 0 Å². The van der Waals surface area contributed by atoms with Gasteiger partial charge in [-0.05, 0) is 23.8 Å². The number of carboxylic acid groups (broad SMARTS) is 1. The van der Waals surface area contributed by atoms with E-state index in [1.807, 2.05) is 18.2 Å². The number of carbonyl (C=O) groups is 1. The smallest absolute Gasteiger partial charge is 0.305 e. The minimum absolute atomic E-state index is 0.0839. The molecule has 0 bridgehead atoms. The Morgan fingerprint density at radius 3 is 3.10 bits per heavy atom. The standard InChI is InChI=1S/C14H18BrNO4/c1-19-12-2-3-13(15)10(6-12)8-16-4-5-20-9-11(16)7-14(17)18/h2-3,6,11H,4-5,7-9H2,1H3,(H,17,18). The van der Waals surface area contributed by atoms with E-state index in [2.05, 4.69) is 20.8 Å². The number of hydrogen-bond acceptors (Lipinski definition) is 4. The highest BCUT2D eigenvalue weighted by Gasteiger charge is 2.25. The number of morpholine rings is 1. The van der Waals surface area contributed by atoms with Crippen molar-refractivity contribution in [3.8, 4) is 5.75 Å². The summed E-state index contributed by atoms with van der Waals surface area (Å²) in [7, 11) is 1.63. The van der Waals surface area contributed by atoms with Crippen LogP contribution in [0.3, 0.4) is 0 Å². The molecule has 1 N–H and O–H groups in total. The highest BCUT2D eigenvalue weighted by Crippen LogP contribution is 2.25. The van der Waals surface area contributed by atoms with Gasteiger partial charge in [0.25, 0.3) is 0 Å². The Kier molecular flexibility index (Phi) is 5.39. The van der Waals surface area contributed by atoms with Gasteiger partial charge >= 0.3 is 5.97 Å². The number of rotatable bonds is 5. The number of ether oxygens (including phenoxy) is 2. The maximum absolute atomic E-state index is 10.9. The van der Waals surface area contributed by atoms with Crippen molar-refractivity contribution in [1.29, 1.82) is 0 Å². The van der Waals surface area contributed by atoms with Crippen LogP contribution in [0.5, 0.6) is 5.75 Å². The topological polar surface area (TPSA) is 59.0 Å². The number of hydrogen-bond donors (Lipinski definition) is 1. The molecular weight excluding hydrogens is 326 g/mol. The first-order valence-corrected chi connectivity index (χ1v) is 7.25. The summed E-state index contributed by atoms with van der Waals surface area (Å²) in [5.41, 5.74) is 1.08. The number of carboxylic acids is 1. The Hall–Kier alpha value is -1.11. The predicted molar refractivity (Wildman–Crippen MR) is 78.0 cm³/mol. The van der Waals surface area contributed by atoms with E-state index in [0.717, 1.165) is 22.3 Å². The Labute approximate surface area is 126 Å². The van der Waals surface area contributed by atoms with Crippen LogP contribution in [0.1, 0.15) is 12.0 Å². The van der Waals surface area contributed by atoms with Crippen LogP contribution < -0.4 is 4.74 Å². The fourth-order valence-corrected chi connectivity index (χ4v) is 2.68. The van der Waals surface area contributed by atoms with E-state index in [-0.39, 0.29) is 12.5 Å². The Morgan fingerprint density at radius 2 is 2.40 bits per heavy atom. The summed E-state index contributed by atoms with van der Waals surface area (Å²) < 4.78 is 11.6. The average molecular weight is 344 g/mol. The van der Waals surface area contributed by atoms with Crippen molar-refractivity contribution in [3.63, 3.8) is 0 Å². The first kappa shape index (κ1) is 15.3. The van der Waals surface area contributed by atoms with E-state index in [0.29, 0.717) is 19.8 Å². The molecule has 110 valence electrons. The number of halogens is 1. The third-order valence-corrected chi connectivity index (χ3v) is 4.16. The first-order valence-electron chi connectivity index (χ1n) is 6.46. The SMILES string of the molecule is COc1ccc(Br)c(CN2CCOCC2CC(=O)O)c1. The minimum atomic E-state index is -0.796. The number of methoxy groups -OCH3 is 1. The molecule has 1 atom stereocenters. The first-order chi connectivity index (χ1) is 9.60. The lowest BCUT2D eigenvalue weighted by molar-refractivity contribution is -0.140. The third kappa shape index (κ3) is 3.94. The van der Waals surface area contributed by atoms with Gasteiger partial charge in [-0.15, -0.1) is 0 Å². The molecule has 0 amide bonds. The van der Waals surface area contributed by atoms with E-state index in [9.17, 15) is 4.79 Å². The van der Waals surface area contributed by atoms with Crippen molar-refractivity contribution in [3.05, 3.63) is 28.2 Å². The van der Waals surface area contributed by atoms with E-state index in [1.54, 1.807) is 7.11 Å². The number of nitrogens with zero attached hydrogens (tertiary/aromatic N) is 1. The van der Waals surface area contributed by atoms with Crippen LogP contribution in [0.4, 0.5) is 0 Å². The zero-order chi connectivity index (χ0) is 14.5. The monoisotopic (exact) mass is 343 g/mol. The van der Waals surface area contributed by atoms with Crippen molar-refractivity contribution in [1.82, 2.24) is 4.90 Å². The van der Waals surface area contributed by atoms with E-state index < -0.39 is 5.97 Å². The van der Waals surface area contributed by atoms with Crippen LogP contribution in [0.2, 0.25) is 0 Å². The van der Waals surface area contributed by atoms with E-state index >= 15 is 0 Å². The second-order valence-corrected chi connectivity index (χ2v) is 5.61. The molecule has 2 rings (SSSR count). The molecule has 1 heterocycles. The molecular formula is C14H18BrNO4. The molecule has 0 radical (unpaired) electrons. The lowest BCUT2D eigenvalue weighted by Crippen LogP contribution is -2.45. The lowest BCUT2D eigenvalue weighted by Gasteiger charge is -2.35. The van der Waals surface area contributed by atoms with Crippen LogP contribution >= 0.6 is 15.9 Å². The molecule has 1 unspecified atom stereocenters. The van der Waals surface area contributed by atoms with Crippen molar-refractivity contribution in [2.45, 2.75) is 19.0 Å². The molecule has 1 fully saturated rings. The van der Waals surface area contributed by atoms with Crippen LogP contribution in [0.15, 0.2) is 22.7 Å². The van der Waals surface area contributed by atoms with Gasteiger partial charge in [0, 0.05) is 23.6 Å². The molecule has 1 aromatic carbocycles. The summed E-state index contributed by atoms with van der Waals surface area (Å²) in [6.45, 7) is 2.52. The second-order valence-electron chi connectivity index (χ2n) is 4.75. The van der Waals surface area contributed by atoms with Crippen molar-refractivity contribution < 1.29 is 19.4 Å². The molecule has 0 aromatic heterocycles. The van der Waals surface area contributed by atoms with Gasteiger partial charge in [-0.2, -0.15) is 0 Å². The zero-order valence-corrected chi connectivity index (χ0v) is 12.9. The Morgan fingerprint density at radius 1 is 1.60 bits per heavy atom. The Bertz CT molecular complexity index is 480. The van der Waals surface area contributed by atoms with Gasteiger partial charge in [0.1, 0.15) is 5.75 Å². The third-order valence-electron chi connectivity index (χ3n) is 3.39. The molecule has 0 aliphatic carbocycles. The summed E-state index contributed by atoms with van der Waals surface area (Å²) in [6, 6.07) is 5.72. The summed E-state index contributed by atoms with van der Waals surface area (Å²) in [4.78, 5) is 13.1. The molecule has 1 saturated heterocycles. The number of benzene rings is 1. The van der Waals surface area contributed by atoms with Gasteiger partial charge in [0.2, 0.25) is 0 Å². The highest BCUT2D eigenvalue weighted by atomic mass is 79.9. The molecule has 1 aliphatic rings. The van der Waals surface area contributed by atoms with Gasteiger partial charge in [-0.1, -0.05) is 15.9 Å². The summed E-state index contributed by atoms with van der Waals surface area (Å²) in [5.74, 6) is 0.00134. The normalized spacial score (nSPS) is 19.8. The van der Waals surface area contributed by atoms with Crippen LogP contribution in [-0.4, -0.2) is 48.9 Å². The van der Waals surface area contributed by atoms with Gasteiger partial charge in [0.05, 0.1) is 26.7 Å². The highest BCUT2D eigenvalue weighted by molar-refractivity contribution is 9.10. The second kappa shape index (κ2) is 7.06. The molecule has 6 heteroatoms. The van der Waals surface area contributed by atoms with Crippen molar-refractivity contribution in [2.75, 3.05) is 26.9 Å².